The van der Waals surface area contributed by atoms with Gasteiger partial charge in [-0.3, -0.25) is 4.79 Å². The molecule has 0 fully saturated rings. The fourth-order valence-corrected chi connectivity index (χ4v) is 1.50. The molecule has 0 heterocycles. The van der Waals surface area contributed by atoms with Crippen LogP contribution in [0.2, 0.25) is 0 Å². The van der Waals surface area contributed by atoms with Crippen molar-refractivity contribution in [2.45, 2.75) is 67.3 Å². The van der Waals surface area contributed by atoms with Gasteiger partial charge in [0.25, 0.3) is 0 Å². The van der Waals surface area contributed by atoms with Crippen molar-refractivity contribution in [1.29, 1.82) is 0 Å². The van der Waals surface area contributed by atoms with E-state index in [1.807, 2.05) is 27.8 Å². The Morgan fingerprint density at radius 1 is 1.25 bits per heavy atom. The van der Waals surface area contributed by atoms with Crippen molar-refractivity contribution in [3.8, 4) is 0 Å². The van der Waals surface area contributed by atoms with E-state index in [-0.39, 0.29) is 17.4 Å². The van der Waals surface area contributed by atoms with Crippen molar-refractivity contribution in [1.82, 2.24) is 5.32 Å². The standard InChI is InChI=1S/C12H25NO.C2H6/c1-7-9(2)11(14)10(13-6)8-12(3,4)5;1-2/h9-10,13H,7-8H2,1-6H3;1-2H3/t9?,10-;/m0./s1. The second kappa shape index (κ2) is 8.74. The summed E-state index contributed by atoms with van der Waals surface area (Å²) in [4.78, 5) is 11.9. The van der Waals surface area contributed by atoms with Gasteiger partial charge in [0.1, 0.15) is 0 Å². The van der Waals surface area contributed by atoms with E-state index in [9.17, 15) is 4.79 Å². The highest BCUT2D eigenvalue weighted by Gasteiger charge is 2.25. The predicted octanol–water partition coefficient (Wildman–Crippen LogP) is 3.65. The van der Waals surface area contributed by atoms with Crippen LogP contribution in [0.1, 0.15) is 61.3 Å². The van der Waals surface area contributed by atoms with Crippen LogP contribution >= 0.6 is 0 Å². The van der Waals surface area contributed by atoms with Gasteiger partial charge in [-0.2, -0.15) is 0 Å². The molecule has 0 radical (unpaired) electrons. The first-order valence-corrected chi connectivity index (χ1v) is 6.52. The molecule has 0 rings (SSSR count). The third kappa shape index (κ3) is 7.86. The van der Waals surface area contributed by atoms with Gasteiger partial charge >= 0.3 is 0 Å². The second-order valence-electron chi connectivity index (χ2n) is 5.32. The van der Waals surface area contributed by atoms with E-state index in [1.165, 1.54) is 0 Å². The lowest BCUT2D eigenvalue weighted by molar-refractivity contribution is -0.125. The number of likely N-dealkylation sites (N-methyl/N-ethyl adjacent to an activating group) is 1. The summed E-state index contributed by atoms with van der Waals surface area (Å²) >= 11 is 0. The van der Waals surface area contributed by atoms with Crippen LogP contribution in [0.4, 0.5) is 0 Å². The zero-order valence-corrected chi connectivity index (χ0v) is 12.5. The van der Waals surface area contributed by atoms with E-state index >= 15 is 0 Å². The van der Waals surface area contributed by atoms with E-state index in [0.717, 1.165) is 12.8 Å². The van der Waals surface area contributed by atoms with Crippen LogP contribution in [0.3, 0.4) is 0 Å². The van der Waals surface area contributed by atoms with Crippen LogP contribution in [0.15, 0.2) is 0 Å². The number of Topliss-reactive ketones (excluding diaryl/α,β-unsaturated/α-hetero) is 1. The molecule has 0 bridgehead atoms. The average molecular weight is 229 g/mol. The van der Waals surface area contributed by atoms with E-state index in [0.29, 0.717) is 5.78 Å². The minimum absolute atomic E-state index is 0.0185. The highest BCUT2D eigenvalue weighted by Crippen LogP contribution is 2.22. The maximum Gasteiger partial charge on any atom is 0.152 e. The van der Waals surface area contributed by atoms with E-state index < -0.39 is 0 Å². The van der Waals surface area contributed by atoms with Gasteiger partial charge in [-0.25, -0.2) is 0 Å². The van der Waals surface area contributed by atoms with Crippen molar-refractivity contribution in [3.05, 3.63) is 0 Å². The molecule has 0 aromatic heterocycles. The summed E-state index contributed by atoms with van der Waals surface area (Å²) < 4.78 is 0. The lowest BCUT2D eigenvalue weighted by Crippen LogP contribution is -2.40. The average Bonchev–Trinajstić information content (AvgIpc) is 2.25. The largest absolute Gasteiger partial charge is 0.311 e. The molecular formula is C14H31NO. The van der Waals surface area contributed by atoms with Gasteiger partial charge in [0.15, 0.2) is 5.78 Å². The zero-order valence-electron chi connectivity index (χ0n) is 12.5. The monoisotopic (exact) mass is 229 g/mol. The first-order valence-electron chi connectivity index (χ1n) is 6.52. The van der Waals surface area contributed by atoms with Gasteiger partial charge in [-0.05, 0) is 25.3 Å². The molecule has 16 heavy (non-hydrogen) atoms. The fraction of sp³-hybridized carbons (Fsp3) is 0.929. The minimum Gasteiger partial charge on any atom is -0.311 e. The Kier molecular flexibility index (Phi) is 9.84. The Morgan fingerprint density at radius 2 is 1.69 bits per heavy atom. The molecular weight excluding hydrogens is 198 g/mol. The smallest absolute Gasteiger partial charge is 0.152 e. The van der Waals surface area contributed by atoms with E-state index in [1.54, 1.807) is 0 Å². The lowest BCUT2D eigenvalue weighted by Gasteiger charge is -2.26. The Bertz CT molecular complexity index is 182. The Morgan fingerprint density at radius 3 is 1.94 bits per heavy atom. The molecule has 1 unspecified atom stereocenters. The van der Waals surface area contributed by atoms with Gasteiger partial charge in [-0.15, -0.1) is 0 Å². The molecule has 0 saturated carbocycles. The number of hydrogen-bond donors (Lipinski definition) is 1. The molecule has 0 aromatic carbocycles. The second-order valence-corrected chi connectivity index (χ2v) is 5.32. The lowest BCUT2D eigenvalue weighted by atomic mass is 9.84. The van der Waals surface area contributed by atoms with Gasteiger partial charge in [0.05, 0.1) is 6.04 Å². The van der Waals surface area contributed by atoms with Crippen LogP contribution in [0, 0.1) is 11.3 Å². The SMILES string of the molecule is CC.CCC(C)C(=O)[C@H](CC(C)(C)C)NC. The van der Waals surface area contributed by atoms with Crippen LogP contribution in [0.25, 0.3) is 0 Å². The first kappa shape index (κ1) is 18.0. The van der Waals surface area contributed by atoms with Crippen molar-refractivity contribution in [3.63, 3.8) is 0 Å². The summed E-state index contributed by atoms with van der Waals surface area (Å²) in [6.45, 7) is 14.6. The fourth-order valence-electron chi connectivity index (χ4n) is 1.50. The molecule has 2 nitrogen and oxygen atoms in total. The molecule has 0 amide bonds. The summed E-state index contributed by atoms with van der Waals surface area (Å²) in [5, 5.41) is 3.12. The molecule has 2 atom stereocenters. The van der Waals surface area contributed by atoms with Crippen molar-refractivity contribution in [2.75, 3.05) is 7.05 Å². The van der Waals surface area contributed by atoms with Crippen molar-refractivity contribution in [2.24, 2.45) is 11.3 Å². The van der Waals surface area contributed by atoms with Gasteiger partial charge in [0, 0.05) is 5.92 Å². The number of hydrogen-bond acceptors (Lipinski definition) is 2. The Labute approximate surface area is 102 Å². The maximum absolute atomic E-state index is 11.9. The molecule has 2 heteroatoms. The molecule has 98 valence electrons. The van der Waals surface area contributed by atoms with Crippen LogP contribution < -0.4 is 5.32 Å². The van der Waals surface area contributed by atoms with E-state index in [4.69, 9.17) is 0 Å². The molecule has 0 aliphatic rings. The maximum atomic E-state index is 11.9. The van der Waals surface area contributed by atoms with Crippen molar-refractivity contribution >= 4 is 5.78 Å². The number of ketones is 1. The van der Waals surface area contributed by atoms with Crippen molar-refractivity contribution < 1.29 is 4.79 Å². The molecule has 0 saturated heterocycles. The van der Waals surface area contributed by atoms with Crippen LogP contribution in [-0.2, 0) is 4.79 Å². The third-order valence-corrected chi connectivity index (χ3v) is 2.61. The van der Waals surface area contributed by atoms with Gasteiger partial charge in [0.2, 0.25) is 0 Å². The normalized spacial score (nSPS) is 14.8. The highest BCUT2D eigenvalue weighted by molar-refractivity contribution is 5.85. The Hall–Kier alpha value is -0.370. The Balaban J connectivity index is 0. The van der Waals surface area contributed by atoms with Gasteiger partial charge < -0.3 is 5.32 Å². The van der Waals surface area contributed by atoms with Gasteiger partial charge in [-0.1, -0.05) is 48.5 Å². The summed E-state index contributed by atoms with van der Waals surface area (Å²) in [6.07, 6.45) is 1.84. The first-order chi connectivity index (χ1) is 7.31. The predicted molar refractivity (Wildman–Crippen MR) is 72.7 cm³/mol. The molecule has 0 aliphatic heterocycles. The number of carbonyl (C=O) groups is 1. The third-order valence-electron chi connectivity index (χ3n) is 2.61. The quantitative estimate of drug-likeness (QED) is 0.779. The van der Waals surface area contributed by atoms with Crippen LogP contribution in [-0.4, -0.2) is 18.9 Å². The summed E-state index contributed by atoms with van der Waals surface area (Å²) in [5.74, 6) is 0.528. The number of carbonyl (C=O) groups excluding carboxylic acids is 1. The number of rotatable bonds is 5. The van der Waals surface area contributed by atoms with Crippen LogP contribution in [0.5, 0.6) is 0 Å². The molecule has 1 N–H and O–H groups in total. The minimum atomic E-state index is 0.0185. The zero-order chi connectivity index (χ0) is 13.4. The summed E-state index contributed by atoms with van der Waals surface area (Å²) in [6, 6.07) is 0.0185. The molecule has 0 aromatic rings. The van der Waals surface area contributed by atoms with E-state index in [2.05, 4.69) is 33.0 Å². The number of nitrogens with one attached hydrogen (secondary N) is 1. The molecule has 0 aliphatic carbocycles. The highest BCUT2D eigenvalue weighted by atomic mass is 16.1. The molecule has 0 spiro atoms. The summed E-state index contributed by atoms with van der Waals surface area (Å²) in [5.41, 5.74) is 0.205. The summed E-state index contributed by atoms with van der Waals surface area (Å²) in [7, 11) is 1.87. The topological polar surface area (TPSA) is 29.1 Å².